The van der Waals surface area contributed by atoms with Gasteiger partial charge in [-0.15, -0.1) is 0 Å². The fraction of sp³-hybridized carbons (Fsp3) is 0.333. The topological polar surface area (TPSA) is 88.1 Å². The van der Waals surface area contributed by atoms with E-state index in [0.717, 1.165) is 10.5 Å². The van der Waals surface area contributed by atoms with Crippen LogP contribution < -0.4 is 14.8 Å². The number of carbonyl (C=O) groups excluding carboxylic acids is 2. The minimum absolute atomic E-state index is 0.0280. The van der Waals surface area contributed by atoms with E-state index in [0.29, 0.717) is 17.1 Å². The smallest absolute Gasteiger partial charge is 0.325 e. The molecule has 1 aliphatic rings. The molecule has 3 amide bonds. The highest BCUT2D eigenvalue weighted by Gasteiger charge is 2.49. The lowest BCUT2D eigenvalue weighted by Gasteiger charge is -2.23. The number of amides is 3. The number of carbonyl (C=O) groups is 2. The SMILES string of the molecule is COc1ccc([C@]2(C)NC(=O)N(C[C@@H](O)COc3cccc(C)c3)C2=O)cc1. The summed E-state index contributed by atoms with van der Waals surface area (Å²) in [5, 5.41) is 13.0. The molecule has 7 nitrogen and oxygen atoms in total. The van der Waals surface area contributed by atoms with Crippen molar-refractivity contribution in [1.82, 2.24) is 10.2 Å². The van der Waals surface area contributed by atoms with Gasteiger partial charge in [0, 0.05) is 0 Å². The van der Waals surface area contributed by atoms with E-state index in [1.807, 2.05) is 25.1 Å². The molecule has 2 atom stereocenters. The zero-order valence-corrected chi connectivity index (χ0v) is 16.1. The third kappa shape index (κ3) is 3.94. The third-order valence-corrected chi connectivity index (χ3v) is 4.77. The summed E-state index contributed by atoms with van der Waals surface area (Å²) < 4.78 is 10.7. The van der Waals surface area contributed by atoms with Crippen LogP contribution in [-0.2, 0) is 10.3 Å². The van der Waals surface area contributed by atoms with Crippen molar-refractivity contribution in [3.05, 3.63) is 59.7 Å². The van der Waals surface area contributed by atoms with Gasteiger partial charge in [-0.1, -0.05) is 24.3 Å². The van der Waals surface area contributed by atoms with Crippen molar-refractivity contribution in [3.63, 3.8) is 0 Å². The van der Waals surface area contributed by atoms with Crippen LogP contribution in [0.2, 0.25) is 0 Å². The van der Waals surface area contributed by atoms with Gasteiger partial charge in [0.2, 0.25) is 0 Å². The number of nitrogens with one attached hydrogen (secondary N) is 1. The number of nitrogens with zero attached hydrogens (tertiary/aromatic N) is 1. The van der Waals surface area contributed by atoms with Crippen molar-refractivity contribution < 1.29 is 24.2 Å². The van der Waals surface area contributed by atoms with Crippen LogP contribution >= 0.6 is 0 Å². The second kappa shape index (κ2) is 7.90. The van der Waals surface area contributed by atoms with Crippen molar-refractivity contribution in [2.24, 2.45) is 0 Å². The van der Waals surface area contributed by atoms with Crippen LogP contribution in [0.3, 0.4) is 0 Å². The maximum Gasteiger partial charge on any atom is 0.325 e. The van der Waals surface area contributed by atoms with Gasteiger partial charge in [-0.2, -0.15) is 0 Å². The summed E-state index contributed by atoms with van der Waals surface area (Å²) >= 11 is 0. The molecule has 3 rings (SSSR count). The molecular formula is C21H24N2O5. The van der Waals surface area contributed by atoms with Crippen LogP contribution in [0, 0.1) is 6.92 Å². The first-order valence-corrected chi connectivity index (χ1v) is 8.99. The van der Waals surface area contributed by atoms with Gasteiger partial charge < -0.3 is 19.9 Å². The Bertz CT molecular complexity index is 867. The van der Waals surface area contributed by atoms with Gasteiger partial charge in [0.15, 0.2) is 0 Å². The van der Waals surface area contributed by atoms with Gasteiger partial charge in [-0.3, -0.25) is 9.69 Å². The highest BCUT2D eigenvalue weighted by molar-refractivity contribution is 6.07. The van der Waals surface area contributed by atoms with E-state index in [1.54, 1.807) is 44.4 Å². The lowest BCUT2D eigenvalue weighted by Crippen LogP contribution is -2.42. The molecule has 0 bridgehead atoms. The first-order valence-electron chi connectivity index (χ1n) is 8.99. The highest BCUT2D eigenvalue weighted by Crippen LogP contribution is 2.30. The largest absolute Gasteiger partial charge is 0.497 e. The first kappa shape index (κ1) is 19.7. The Morgan fingerprint density at radius 1 is 1.14 bits per heavy atom. The number of hydrogen-bond donors (Lipinski definition) is 2. The summed E-state index contributed by atoms with van der Waals surface area (Å²) in [7, 11) is 1.56. The second-order valence-electron chi connectivity index (χ2n) is 6.98. The van der Waals surface area contributed by atoms with E-state index in [-0.39, 0.29) is 13.2 Å². The number of urea groups is 1. The molecule has 2 aromatic carbocycles. The standard InChI is InChI=1S/C21H24N2O5/c1-14-5-4-6-18(11-14)28-13-16(24)12-23-19(25)21(2,22-20(23)26)15-7-9-17(27-3)10-8-15/h4-11,16,24H,12-13H2,1-3H3,(H,22,26)/t16-,21+/m1/s1. The van der Waals surface area contributed by atoms with Gasteiger partial charge in [-0.25, -0.2) is 4.79 Å². The highest BCUT2D eigenvalue weighted by atomic mass is 16.5. The number of aryl methyl sites for hydroxylation is 1. The van der Waals surface area contributed by atoms with Crippen molar-refractivity contribution in [2.45, 2.75) is 25.5 Å². The fourth-order valence-corrected chi connectivity index (χ4v) is 3.14. The summed E-state index contributed by atoms with van der Waals surface area (Å²) in [6.45, 7) is 3.41. The zero-order valence-electron chi connectivity index (χ0n) is 16.1. The molecule has 0 spiro atoms. The Kier molecular flexibility index (Phi) is 5.56. The van der Waals surface area contributed by atoms with E-state index < -0.39 is 23.6 Å². The molecule has 2 aromatic rings. The summed E-state index contributed by atoms with van der Waals surface area (Å²) in [6.07, 6.45) is -1.01. The zero-order chi connectivity index (χ0) is 20.3. The predicted octanol–water partition coefficient (Wildman–Crippen LogP) is 2.21. The van der Waals surface area contributed by atoms with Crippen LogP contribution in [0.25, 0.3) is 0 Å². The van der Waals surface area contributed by atoms with E-state index in [2.05, 4.69) is 5.32 Å². The summed E-state index contributed by atoms with van der Waals surface area (Å²) in [5.74, 6) is 0.862. The molecule has 0 aliphatic carbocycles. The maximum atomic E-state index is 12.9. The average Bonchev–Trinajstić information content (AvgIpc) is 2.90. The number of hydrogen-bond acceptors (Lipinski definition) is 5. The van der Waals surface area contributed by atoms with Crippen LogP contribution in [0.15, 0.2) is 48.5 Å². The Labute approximate surface area is 163 Å². The van der Waals surface area contributed by atoms with Crippen LogP contribution in [0.5, 0.6) is 11.5 Å². The number of aliphatic hydroxyl groups is 1. The second-order valence-corrected chi connectivity index (χ2v) is 6.98. The number of ether oxygens (including phenoxy) is 2. The van der Waals surface area contributed by atoms with Gasteiger partial charge in [0.25, 0.3) is 5.91 Å². The minimum Gasteiger partial charge on any atom is -0.497 e. The summed E-state index contributed by atoms with van der Waals surface area (Å²) in [4.78, 5) is 26.3. The molecule has 2 N–H and O–H groups in total. The number of benzene rings is 2. The van der Waals surface area contributed by atoms with E-state index in [1.165, 1.54) is 0 Å². The van der Waals surface area contributed by atoms with E-state index in [9.17, 15) is 14.7 Å². The number of aliphatic hydroxyl groups excluding tert-OH is 1. The average molecular weight is 384 g/mol. The molecule has 0 saturated carbocycles. The lowest BCUT2D eigenvalue weighted by molar-refractivity contribution is -0.132. The molecule has 0 unspecified atom stereocenters. The van der Waals surface area contributed by atoms with Crippen molar-refractivity contribution >= 4 is 11.9 Å². The van der Waals surface area contributed by atoms with Crippen molar-refractivity contribution in [2.75, 3.05) is 20.3 Å². The molecule has 0 aromatic heterocycles. The molecule has 1 fully saturated rings. The summed E-state index contributed by atoms with van der Waals surface area (Å²) in [6, 6.07) is 13.8. The third-order valence-electron chi connectivity index (χ3n) is 4.77. The molecule has 0 radical (unpaired) electrons. The van der Waals surface area contributed by atoms with Crippen LogP contribution in [-0.4, -0.2) is 48.3 Å². The van der Waals surface area contributed by atoms with Crippen LogP contribution in [0.1, 0.15) is 18.1 Å². The molecule has 1 heterocycles. The van der Waals surface area contributed by atoms with Gasteiger partial charge in [0.1, 0.15) is 29.7 Å². The summed E-state index contributed by atoms with van der Waals surface area (Å²) in [5.41, 5.74) is 0.483. The number of methoxy groups -OCH3 is 1. The quantitative estimate of drug-likeness (QED) is 0.715. The lowest BCUT2D eigenvalue weighted by atomic mass is 9.92. The van der Waals surface area contributed by atoms with E-state index >= 15 is 0 Å². The van der Waals surface area contributed by atoms with Crippen molar-refractivity contribution in [3.8, 4) is 11.5 Å². The van der Waals surface area contributed by atoms with Gasteiger partial charge in [-0.05, 0) is 49.2 Å². The number of imide groups is 1. The van der Waals surface area contributed by atoms with E-state index in [4.69, 9.17) is 9.47 Å². The van der Waals surface area contributed by atoms with Crippen LogP contribution in [0.4, 0.5) is 4.79 Å². The van der Waals surface area contributed by atoms with Gasteiger partial charge >= 0.3 is 6.03 Å². The normalized spacial score (nSPS) is 20.1. The molecular weight excluding hydrogens is 360 g/mol. The Balaban J connectivity index is 1.65. The molecule has 1 saturated heterocycles. The molecule has 28 heavy (non-hydrogen) atoms. The molecule has 1 aliphatic heterocycles. The monoisotopic (exact) mass is 384 g/mol. The maximum absolute atomic E-state index is 12.9. The fourth-order valence-electron chi connectivity index (χ4n) is 3.14. The van der Waals surface area contributed by atoms with Gasteiger partial charge in [0.05, 0.1) is 13.7 Å². The Morgan fingerprint density at radius 3 is 2.50 bits per heavy atom. The molecule has 148 valence electrons. The first-order chi connectivity index (χ1) is 13.3. The minimum atomic E-state index is -1.19. The number of β-amino-alcohol motifs (C(OH)–C–C–N with tert-alkyl or cyclic N) is 1. The molecule has 7 heteroatoms. The Morgan fingerprint density at radius 2 is 1.86 bits per heavy atom. The van der Waals surface area contributed by atoms with Crippen molar-refractivity contribution in [1.29, 1.82) is 0 Å². The Hall–Kier alpha value is -3.06. The predicted molar refractivity (Wildman–Crippen MR) is 103 cm³/mol. The number of rotatable bonds is 7.